The average molecular weight is 315 g/mol. The molecule has 1 aliphatic rings. The van der Waals surface area contributed by atoms with Crippen LogP contribution in [0.1, 0.15) is 5.69 Å². The summed E-state index contributed by atoms with van der Waals surface area (Å²) in [4.78, 5) is 8.78. The van der Waals surface area contributed by atoms with Gasteiger partial charge in [0.1, 0.15) is 17.9 Å². The molecule has 0 saturated carbocycles. The topological polar surface area (TPSA) is 60.5 Å². The molecule has 1 saturated heterocycles. The summed E-state index contributed by atoms with van der Waals surface area (Å²) in [6.45, 7) is 2.35. The molecule has 120 valence electrons. The van der Waals surface area contributed by atoms with Gasteiger partial charge in [0.15, 0.2) is 0 Å². The number of imidazole rings is 1. The van der Waals surface area contributed by atoms with Gasteiger partial charge >= 0.3 is 6.18 Å². The highest BCUT2D eigenvalue weighted by Gasteiger charge is 2.28. The van der Waals surface area contributed by atoms with Crippen LogP contribution in [-0.4, -0.2) is 29.6 Å². The zero-order valence-electron chi connectivity index (χ0n) is 11.9. The van der Waals surface area contributed by atoms with Crippen molar-refractivity contribution in [3.05, 3.63) is 36.3 Å². The standard InChI is InChI=1S/C12H16N3.C2HF3O2/c1-14-11(6-10-7-13-8-10)9-15-5-3-2-4-12(14)15;3-2(4,5)1(6)7/h2-5,9-10,13H,6-8H2,1H3;(H,6,7)/q+1;/p-1. The molecular formula is C14H16F3N3O2. The number of carboxylic acids is 1. The van der Waals surface area contributed by atoms with E-state index in [0.29, 0.717) is 0 Å². The Morgan fingerprint density at radius 1 is 1.45 bits per heavy atom. The first-order valence-electron chi connectivity index (χ1n) is 6.72. The minimum Gasteiger partial charge on any atom is -0.542 e. The van der Waals surface area contributed by atoms with Crippen LogP contribution in [-0.2, 0) is 18.3 Å². The van der Waals surface area contributed by atoms with E-state index in [1.54, 1.807) is 0 Å². The molecule has 0 bridgehead atoms. The molecule has 0 amide bonds. The Morgan fingerprint density at radius 2 is 2.09 bits per heavy atom. The summed E-state index contributed by atoms with van der Waals surface area (Å²) in [5.41, 5.74) is 2.69. The van der Waals surface area contributed by atoms with E-state index in [9.17, 15) is 13.2 Å². The minimum absolute atomic E-state index is 0.827. The number of alkyl halides is 3. The van der Waals surface area contributed by atoms with Crippen LogP contribution in [0.5, 0.6) is 0 Å². The summed E-state index contributed by atoms with van der Waals surface area (Å²) in [5.74, 6) is -2.18. The number of carboxylic acid groups (broad SMARTS) is 1. The number of aryl methyl sites for hydroxylation is 1. The third-order valence-corrected chi connectivity index (χ3v) is 3.53. The lowest BCUT2D eigenvalue weighted by Gasteiger charge is -2.25. The van der Waals surface area contributed by atoms with Crippen molar-refractivity contribution in [3.8, 4) is 0 Å². The summed E-state index contributed by atoms with van der Waals surface area (Å²) >= 11 is 0. The number of rotatable bonds is 2. The summed E-state index contributed by atoms with van der Waals surface area (Å²) in [6, 6.07) is 6.31. The van der Waals surface area contributed by atoms with E-state index in [4.69, 9.17) is 9.90 Å². The third kappa shape index (κ3) is 3.76. The van der Waals surface area contributed by atoms with E-state index in [1.807, 2.05) is 0 Å². The SMILES string of the molecule is C[n+]1c(CC2CNC2)cn2ccccc21.O=C([O-])C(F)(F)F. The second kappa shape index (κ2) is 6.35. The monoisotopic (exact) mass is 315 g/mol. The largest absolute Gasteiger partial charge is 0.542 e. The fraction of sp³-hybridized carbons (Fsp3) is 0.429. The van der Waals surface area contributed by atoms with E-state index in [0.717, 1.165) is 5.92 Å². The van der Waals surface area contributed by atoms with Crippen LogP contribution in [0.3, 0.4) is 0 Å². The zero-order chi connectivity index (χ0) is 16.3. The van der Waals surface area contributed by atoms with Gasteiger partial charge in [-0.2, -0.15) is 13.2 Å². The maximum atomic E-state index is 10.5. The van der Waals surface area contributed by atoms with Crippen molar-refractivity contribution in [3.63, 3.8) is 0 Å². The van der Waals surface area contributed by atoms with Crippen LogP contribution in [0, 0.1) is 5.92 Å². The van der Waals surface area contributed by atoms with Gasteiger partial charge in [-0.1, -0.05) is 6.07 Å². The van der Waals surface area contributed by atoms with Crippen LogP contribution >= 0.6 is 0 Å². The molecule has 1 aliphatic heterocycles. The molecule has 2 aromatic rings. The number of hydrogen-bond acceptors (Lipinski definition) is 3. The van der Waals surface area contributed by atoms with Gasteiger partial charge in [-0.3, -0.25) is 0 Å². The molecule has 22 heavy (non-hydrogen) atoms. The van der Waals surface area contributed by atoms with Crippen molar-refractivity contribution in [2.24, 2.45) is 13.0 Å². The molecule has 1 fully saturated rings. The molecule has 5 nitrogen and oxygen atoms in total. The van der Waals surface area contributed by atoms with Crippen LogP contribution in [0.25, 0.3) is 5.65 Å². The highest BCUT2D eigenvalue weighted by Crippen LogP contribution is 2.12. The molecule has 8 heteroatoms. The maximum absolute atomic E-state index is 10.5. The Bertz CT molecular complexity index is 663. The van der Waals surface area contributed by atoms with E-state index in [-0.39, 0.29) is 0 Å². The van der Waals surface area contributed by atoms with Crippen molar-refractivity contribution in [2.45, 2.75) is 12.6 Å². The highest BCUT2D eigenvalue weighted by atomic mass is 19.4. The third-order valence-electron chi connectivity index (χ3n) is 3.53. The fourth-order valence-corrected chi connectivity index (χ4v) is 2.21. The molecular weight excluding hydrogens is 299 g/mol. The first-order chi connectivity index (χ1) is 10.3. The van der Waals surface area contributed by atoms with Crippen LogP contribution in [0.2, 0.25) is 0 Å². The fourth-order valence-electron chi connectivity index (χ4n) is 2.21. The number of aliphatic carboxylic acids is 1. The molecule has 3 heterocycles. The molecule has 0 atom stereocenters. The number of fused-ring (bicyclic) bond motifs is 1. The smallest absolute Gasteiger partial charge is 0.430 e. The summed E-state index contributed by atoms with van der Waals surface area (Å²) in [7, 11) is 2.15. The zero-order valence-corrected chi connectivity index (χ0v) is 11.9. The second-order valence-corrected chi connectivity index (χ2v) is 5.16. The predicted octanol–water partition coefficient (Wildman–Crippen LogP) is -0.176. The van der Waals surface area contributed by atoms with E-state index >= 15 is 0 Å². The Morgan fingerprint density at radius 3 is 2.55 bits per heavy atom. The summed E-state index contributed by atoms with van der Waals surface area (Å²) < 4.78 is 36.0. The number of carbonyl (C=O) groups excluding carboxylic acids is 1. The lowest BCUT2D eigenvalue weighted by molar-refractivity contribution is -0.652. The predicted molar refractivity (Wildman–Crippen MR) is 69.7 cm³/mol. The molecule has 0 aliphatic carbocycles. The number of carbonyl (C=O) groups is 1. The number of nitrogens with one attached hydrogen (secondary N) is 1. The van der Waals surface area contributed by atoms with Gasteiger partial charge in [-0.05, 0) is 25.1 Å². The van der Waals surface area contributed by atoms with Crippen molar-refractivity contribution in [1.82, 2.24) is 9.72 Å². The normalized spacial score (nSPS) is 15.1. The van der Waals surface area contributed by atoms with Crippen molar-refractivity contribution in [2.75, 3.05) is 13.1 Å². The quantitative estimate of drug-likeness (QED) is 0.783. The number of nitrogens with zero attached hydrogens (tertiary/aromatic N) is 2. The molecule has 3 rings (SSSR count). The Hall–Kier alpha value is -2.09. The van der Waals surface area contributed by atoms with Gasteiger partial charge in [0.05, 0.1) is 13.2 Å². The lowest BCUT2D eigenvalue weighted by Crippen LogP contribution is -2.45. The van der Waals surface area contributed by atoms with Crippen LogP contribution < -0.4 is 15.0 Å². The molecule has 0 aromatic carbocycles. The van der Waals surface area contributed by atoms with Crippen molar-refractivity contribution < 1.29 is 27.6 Å². The molecule has 1 N–H and O–H groups in total. The first kappa shape index (κ1) is 16.3. The van der Waals surface area contributed by atoms with E-state index in [2.05, 4.69) is 51.9 Å². The molecule has 0 unspecified atom stereocenters. The van der Waals surface area contributed by atoms with Gasteiger partial charge in [-0.15, -0.1) is 0 Å². The maximum Gasteiger partial charge on any atom is 0.430 e. The van der Waals surface area contributed by atoms with Crippen molar-refractivity contribution >= 4 is 11.6 Å². The van der Waals surface area contributed by atoms with Gasteiger partial charge in [0, 0.05) is 12.5 Å². The van der Waals surface area contributed by atoms with E-state index < -0.39 is 12.1 Å². The van der Waals surface area contributed by atoms with E-state index in [1.165, 1.54) is 30.9 Å². The van der Waals surface area contributed by atoms with Gasteiger partial charge < -0.3 is 15.2 Å². The Kier molecular flexibility index (Phi) is 4.70. The number of pyridine rings is 1. The van der Waals surface area contributed by atoms with Crippen molar-refractivity contribution in [1.29, 1.82) is 0 Å². The molecule has 0 radical (unpaired) electrons. The number of halogens is 3. The molecule has 0 spiro atoms. The number of hydrogen-bond donors (Lipinski definition) is 1. The molecule has 2 aromatic heterocycles. The summed E-state index contributed by atoms with van der Waals surface area (Å²) in [5, 5.41) is 12.1. The highest BCUT2D eigenvalue weighted by molar-refractivity contribution is 5.70. The Balaban J connectivity index is 0.000000217. The van der Waals surface area contributed by atoms with Crippen LogP contribution in [0.15, 0.2) is 30.6 Å². The second-order valence-electron chi connectivity index (χ2n) is 5.16. The number of aromatic nitrogens is 2. The van der Waals surface area contributed by atoms with Gasteiger partial charge in [0.2, 0.25) is 0 Å². The first-order valence-corrected chi connectivity index (χ1v) is 6.72. The van der Waals surface area contributed by atoms with Gasteiger partial charge in [0.25, 0.3) is 5.65 Å². The van der Waals surface area contributed by atoms with Crippen LogP contribution in [0.4, 0.5) is 13.2 Å². The lowest BCUT2D eigenvalue weighted by atomic mass is 9.98. The Labute approximate surface area is 125 Å². The average Bonchev–Trinajstić information content (AvgIpc) is 2.71. The van der Waals surface area contributed by atoms with Gasteiger partial charge in [-0.25, -0.2) is 8.97 Å². The summed E-state index contributed by atoms with van der Waals surface area (Å²) in [6.07, 6.45) is 0.344. The minimum atomic E-state index is -5.19.